The van der Waals surface area contributed by atoms with Gasteiger partial charge in [0.2, 0.25) is 15.0 Å². The summed E-state index contributed by atoms with van der Waals surface area (Å²) in [5.41, 5.74) is 1.17. The summed E-state index contributed by atoms with van der Waals surface area (Å²) in [4.78, 5) is 0. The first kappa shape index (κ1) is 17.7. The molecule has 0 heterocycles. The number of hydrogen-bond acceptors (Lipinski definition) is 2. The molecule has 2 aromatic carbocycles. The molecule has 0 atom stereocenters. The normalized spacial score (nSPS) is 13.1. The van der Waals surface area contributed by atoms with Crippen LogP contribution in [0.5, 0.6) is 0 Å². The third-order valence-electron chi connectivity index (χ3n) is 2.89. The number of rotatable bonds is 4. The molecule has 0 saturated carbocycles. The van der Waals surface area contributed by atoms with Crippen LogP contribution in [0, 0.1) is 0 Å². The molecule has 0 radical (unpaired) electrons. The second kappa shape index (κ2) is 6.43. The van der Waals surface area contributed by atoms with Gasteiger partial charge in [0.25, 0.3) is 0 Å². The minimum Gasteiger partial charge on any atom is -0.223 e. The van der Waals surface area contributed by atoms with Gasteiger partial charge in [0.1, 0.15) is 0 Å². The predicted molar refractivity (Wildman–Crippen MR) is 101 cm³/mol. The molecule has 2 rings (SSSR count). The molecule has 0 aromatic heterocycles. The van der Waals surface area contributed by atoms with Crippen LogP contribution in [-0.4, -0.2) is 8.42 Å². The van der Waals surface area contributed by atoms with Gasteiger partial charge in [0.15, 0.2) is 0 Å². The molecule has 7 heteroatoms. The van der Waals surface area contributed by atoms with E-state index in [9.17, 15) is 8.42 Å². The van der Waals surface area contributed by atoms with E-state index in [2.05, 4.69) is 63.7 Å². The highest BCUT2D eigenvalue weighted by atomic mass is 79.9. The molecule has 2 aromatic rings. The van der Waals surface area contributed by atoms with E-state index in [4.69, 9.17) is 0 Å². The lowest BCUT2D eigenvalue weighted by Crippen LogP contribution is -2.34. The van der Waals surface area contributed by atoms with Crippen molar-refractivity contribution in [2.24, 2.45) is 0 Å². The van der Waals surface area contributed by atoms with Crippen molar-refractivity contribution < 1.29 is 8.42 Å². The summed E-state index contributed by atoms with van der Waals surface area (Å²) in [7, 11) is -3.78. The molecule has 0 aliphatic heterocycles. The SMILES string of the molecule is O=S(=O)(C(Br)(Br)c1ccccc1)C(Br)(Br)c1ccccc1. The summed E-state index contributed by atoms with van der Waals surface area (Å²) < 4.78 is 23.3. The monoisotopic (exact) mass is 558 g/mol. The van der Waals surface area contributed by atoms with Crippen molar-refractivity contribution >= 4 is 73.6 Å². The molecular weight excluding hydrogens is 552 g/mol. The molecule has 112 valence electrons. The van der Waals surface area contributed by atoms with Gasteiger partial charge in [-0.1, -0.05) is 60.7 Å². The molecular formula is C14H10Br4O2S. The minimum atomic E-state index is -3.78. The van der Waals surface area contributed by atoms with Crippen molar-refractivity contribution in [3.63, 3.8) is 0 Å². The third-order valence-corrected chi connectivity index (χ3v) is 11.7. The quantitative estimate of drug-likeness (QED) is 0.456. The highest BCUT2D eigenvalue weighted by Crippen LogP contribution is 2.56. The van der Waals surface area contributed by atoms with Gasteiger partial charge in [0, 0.05) is 0 Å². The fourth-order valence-electron chi connectivity index (χ4n) is 1.74. The summed E-state index contributed by atoms with van der Waals surface area (Å²) in [5.74, 6) is 0. The topological polar surface area (TPSA) is 34.1 Å². The Labute approximate surface area is 157 Å². The maximum atomic E-state index is 13.1. The summed E-state index contributed by atoms with van der Waals surface area (Å²) in [6, 6.07) is 17.8. The van der Waals surface area contributed by atoms with Crippen molar-refractivity contribution in [1.82, 2.24) is 0 Å². The van der Waals surface area contributed by atoms with Gasteiger partial charge in [-0.25, -0.2) is 8.42 Å². The Morgan fingerprint density at radius 2 is 0.905 bits per heavy atom. The van der Waals surface area contributed by atoms with E-state index in [-0.39, 0.29) is 0 Å². The average molecular weight is 562 g/mol. The van der Waals surface area contributed by atoms with E-state index in [1.54, 1.807) is 48.5 Å². The van der Waals surface area contributed by atoms with Gasteiger partial charge in [0.05, 0.1) is 0 Å². The highest BCUT2D eigenvalue weighted by molar-refractivity contribution is 9.30. The molecule has 0 unspecified atom stereocenters. The van der Waals surface area contributed by atoms with Gasteiger partial charge in [-0.3, -0.25) is 0 Å². The molecule has 21 heavy (non-hydrogen) atoms. The molecule has 2 nitrogen and oxygen atoms in total. The van der Waals surface area contributed by atoms with E-state index in [0.29, 0.717) is 11.1 Å². The molecule has 0 saturated heterocycles. The lowest BCUT2D eigenvalue weighted by molar-refractivity contribution is 0.589. The van der Waals surface area contributed by atoms with Crippen LogP contribution in [0.4, 0.5) is 0 Å². The summed E-state index contributed by atoms with van der Waals surface area (Å²) in [6.45, 7) is 0. The Balaban J connectivity index is 2.56. The van der Waals surface area contributed by atoms with Gasteiger partial charge < -0.3 is 0 Å². The van der Waals surface area contributed by atoms with E-state index in [1.165, 1.54) is 0 Å². The first-order valence-corrected chi connectivity index (χ1v) is 10.5. The smallest absolute Gasteiger partial charge is 0.210 e. The van der Waals surface area contributed by atoms with Gasteiger partial charge in [-0.15, -0.1) is 0 Å². The lowest BCUT2D eigenvalue weighted by Gasteiger charge is -2.30. The van der Waals surface area contributed by atoms with Crippen LogP contribution in [0.3, 0.4) is 0 Å². The summed E-state index contributed by atoms with van der Waals surface area (Å²) >= 11 is 13.3. The third kappa shape index (κ3) is 3.17. The van der Waals surface area contributed by atoms with Crippen LogP contribution in [0.25, 0.3) is 0 Å². The zero-order chi connectivity index (χ0) is 15.7. The Hall–Kier alpha value is 0.310. The number of alkyl halides is 4. The highest BCUT2D eigenvalue weighted by Gasteiger charge is 2.53. The second-order valence-electron chi connectivity index (χ2n) is 4.27. The minimum absolute atomic E-state index is 0.587. The molecule has 0 fully saturated rings. The first-order valence-electron chi connectivity index (χ1n) is 5.82. The molecule has 0 N–H and O–H groups in total. The Kier molecular flexibility index (Phi) is 5.41. The van der Waals surface area contributed by atoms with Crippen molar-refractivity contribution in [2.45, 2.75) is 5.13 Å². The Morgan fingerprint density at radius 1 is 0.619 bits per heavy atom. The van der Waals surface area contributed by atoms with E-state index in [1.807, 2.05) is 12.1 Å². The molecule has 0 bridgehead atoms. The number of halogens is 4. The van der Waals surface area contributed by atoms with Gasteiger partial charge in [-0.05, 0) is 74.8 Å². The second-order valence-corrected chi connectivity index (χ2v) is 15.5. The van der Waals surface area contributed by atoms with Crippen LogP contribution in [-0.2, 0) is 15.0 Å². The van der Waals surface area contributed by atoms with Gasteiger partial charge in [-0.2, -0.15) is 0 Å². The standard InChI is InChI=1S/C14H10Br4O2S/c15-13(16,11-7-3-1-4-8-11)21(19,20)14(17,18)12-9-5-2-6-10-12/h1-10H. The maximum Gasteiger partial charge on any atom is 0.210 e. The van der Waals surface area contributed by atoms with Gasteiger partial charge >= 0.3 is 0 Å². The van der Waals surface area contributed by atoms with Crippen LogP contribution >= 0.6 is 63.7 Å². The lowest BCUT2D eigenvalue weighted by atomic mass is 10.2. The summed E-state index contributed by atoms with van der Waals surface area (Å²) in [6.07, 6.45) is 0. The molecule has 0 aliphatic carbocycles. The Morgan fingerprint density at radius 3 is 1.19 bits per heavy atom. The average Bonchev–Trinajstić information content (AvgIpc) is 2.48. The van der Waals surface area contributed by atoms with Crippen molar-refractivity contribution in [3.05, 3.63) is 71.8 Å². The summed E-state index contributed by atoms with van der Waals surface area (Å²) in [5, 5.41) is 0. The van der Waals surface area contributed by atoms with Crippen LogP contribution < -0.4 is 0 Å². The Bertz CT molecular complexity index is 656. The number of hydrogen-bond donors (Lipinski definition) is 0. The van der Waals surface area contributed by atoms with Crippen LogP contribution in [0.1, 0.15) is 11.1 Å². The van der Waals surface area contributed by atoms with E-state index < -0.39 is 15.0 Å². The number of benzene rings is 2. The van der Waals surface area contributed by atoms with E-state index >= 15 is 0 Å². The van der Waals surface area contributed by atoms with Crippen LogP contribution in [0.15, 0.2) is 60.7 Å². The van der Waals surface area contributed by atoms with E-state index in [0.717, 1.165) is 0 Å². The first-order chi connectivity index (χ1) is 9.71. The van der Waals surface area contributed by atoms with Crippen molar-refractivity contribution in [2.75, 3.05) is 0 Å². The fourth-order valence-corrected chi connectivity index (χ4v) is 9.53. The van der Waals surface area contributed by atoms with Crippen LogP contribution in [0.2, 0.25) is 0 Å². The largest absolute Gasteiger partial charge is 0.223 e. The van der Waals surface area contributed by atoms with Crippen molar-refractivity contribution in [1.29, 1.82) is 0 Å². The zero-order valence-electron chi connectivity index (χ0n) is 10.5. The predicted octanol–water partition coefficient (Wildman–Crippen LogP) is 5.60. The molecule has 0 aliphatic rings. The molecule has 0 spiro atoms. The zero-order valence-corrected chi connectivity index (χ0v) is 17.7. The maximum absolute atomic E-state index is 13.1. The number of sulfone groups is 1. The molecule has 0 amide bonds. The fraction of sp³-hybridized carbons (Fsp3) is 0.143. The van der Waals surface area contributed by atoms with Crippen molar-refractivity contribution in [3.8, 4) is 0 Å².